The van der Waals surface area contributed by atoms with Crippen molar-refractivity contribution in [2.75, 3.05) is 19.6 Å². The smallest absolute Gasteiger partial charge is 0.336 e. The van der Waals surface area contributed by atoms with E-state index in [-0.39, 0.29) is 31.6 Å². The Morgan fingerprint density at radius 2 is 2.00 bits per heavy atom. The molecule has 2 amide bonds. The summed E-state index contributed by atoms with van der Waals surface area (Å²) < 4.78 is 50.0. The van der Waals surface area contributed by atoms with Gasteiger partial charge >= 0.3 is 12.3 Å². The van der Waals surface area contributed by atoms with Gasteiger partial charge in [-0.25, -0.2) is 8.78 Å². The van der Waals surface area contributed by atoms with Crippen molar-refractivity contribution < 1.29 is 27.2 Å². The normalized spacial score (nSPS) is 24.7. The van der Waals surface area contributed by atoms with Crippen LogP contribution in [-0.4, -0.2) is 59.6 Å². The maximum atomic E-state index is 12.9. The molecule has 0 radical (unpaired) electrons. The van der Waals surface area contributed by atoms with Crippen molar-refractivity contribution in [2.24, 2.45) is 0 Å². The predicted octanol–water partition coefficient (Wildman–Crippen LogP) is 0.720. The van der Waals surface area contributed by atoms with Gasteiger partial charge in [-0.1, -0.05) is 0 Å². The molecule has 2 heterocycles. The molecule has 0 spiro atoms. The van der Waals surface area contributed by atoms with Crippen LogP contribution in [-0.2, 0) is 9.59 Å². The lowest BCUT2D eigenvalue weighted by atomic mass is 10.1. The second-order valence-corrected chi connectivity index (χ2v) is 4.45. The van der Waals surface area contributed by atoms with Crippen LogP contribution in [0.1, 0.15) is 12.8 Å². The lowest BCUT2D eigenvalue weighted by Crippen LogP contribution is -2.57. The van der Waals surface area contributed by atoms with E-state index in [1.54, 1.807) is 0 Å². The fourth-order valence-corrected chi connectivity index (χ4v) is 2.35. The first-order chi connectivity index (χ1) is 8.34. The molecular formula is C10H12F4N2O2. The van der Waals surface area contributed by atoms with Gasteiger partial charge in [-0.15, -0.1) is 0 Å². The number of nitrogens with zero attached hydrogens (tertiary/aromatic N) is 2. The first kappa shape index (κ1) is 13.1. The number of halogens is 4. The summed E-state index contributed by atoms with van der Waals surface area (Å²) in [6, 6.07) is -0.316. The SMILES string of the molecule is O=C1CCC2CN(C(=O)C(F)(F)C(F)F)CCN12. The number of alkyl halides is 4. The van der Waals surface area contributed by atoms with Crippen LogP contribution in [0.2, 0.25) is 0 Å². The van der Waals surface area contributed by atoms with Crippen LogP contribution in [0.25, 0.3) is 0 Å². The minimum absolute atomic E-state index is 0.0762. The van der Waals surface area contributed by atoms with Crippen LogP contribution >= 0.6 is 0 Å². The Labute approximate surface area is 101 Å². The fraction of sp³-hybridized carbons (Fsp3) is 0.800. The van der Waals surface area contributed by atoms with Gasteiger partial charge in [0.05, 0.1) is 0 Å². The average Bonchev–Trinajstić information content (AvgIpc) is 2.69. The van der Waals surface area contributed by atoms with E-state index in [1.807, 2.05) is 0 Å². The molecule has 0 aliphatic carbocycles. The van der Waals surface area contributed by atoms with Gasteiger partial charge in [0, 0.05) is 32.1 Å². The van der Waals surface area contributed by atoms with E-state index in [0.717, 1.165) is 4.90 Å². The van der Waals surface area contributed by atoms with Crippen LogP contribution < -0.4 is 0 Å². The number of hydrogen-bond donors (Lipinski definition) is 0. The van der Waals surface area contributed by atoms with Crippen LogP contribution in [0.5, 0.6) is 0 Å². The number of rotatable bonds is 2. The van der Waals surface area contributed by atoms with Gasteiger partial charge < -0.3 is 9.80 Å². The Morgan fingerprint density at radius 3 is 2.61 bits per heavy atom. The van der Waals surface area contributed by atoms with Crippen molar-refractivity contribution in [3.8, 4) is 0 Å². The summed E-state index contributed by atoms with van der Waals surface area (Å²) >= 11 is 0. The van der Waals surface area contributed by atoms with E-state index in [9.17, 15) is 27.2 Å². The molecule has 2 aliphatic heterocycles. The second-order valence-electron chi connectivity index (χ2n) is 4.45. The Bertz CT molecular complexity index is 375. The van der Waals surface area contributed by atoms with Gasteiger partial charge in [-0.3, -0.25) is 9.59 Å². The molecule has 2 aliphatic rings. The molecule has 102 valence electrons. The molecule has 4 nitrogen and oxygen atoms in total. The van der Waals surface area contributed by atoms with Gasteiger partial charge in [0.25, 0.3) is 5.91 Å². The molecule has 2 rings (SSSR count). The van der Waals surface area contributed by atoms with E-state index in [4.69, 9.17) is 0 Å². The first-order valence-electron chi connectivity index (χ1n) is 5.59. The minimum atomic E-state index is -4.65. The third-order valence-electron chi connectivity index (χ3n) is 3.34. The van der Waals surface area contributed by atoms with Crippen molar-refractivity contribution in [3.63, 3.8) is 0 Å². The fourth-order valence-electron chi connectivity index (χ4n) is 2.35. The summed E-state index contributed by atoms with van der Waals surface area (Å²) in [6.07, 6.45) is -3.21. The largest absolute Gasteiger partial charge is 0.383 e. The van der Waals surface area contributed by atoms with Crippen LogP contribution in [0.3, 0.4) is 0 Å². The Morgan fingerprint density at radius 1 is 1.33 bits per heavy atom. The summed E-state index contributed by atoms with van der Waals surface area (Å²) in [5.74, 6) is -6.57. The Kier molecular flexibility index (Phi) is 3.20. The molecular weight excluding hydrogens is 256 g/mol. The predicted molar refractivity (Wildman–Crippen MR) is 52.3 cm³/mol. The van der Waals surface area contributed by atoms with E-state index in [2.05, 4.69) is 0 Å². The Balaban J connectivity index is 2.04. The van der Waals surface area contributed by atoms with E-state index in [0.29, 0.717) is 12.8 Å². The molecule has 0 bridgehead atoms. The molecule has 0 aromatic heterocycles. The number of fused-ring (bicyclic) bond motifs is 1. The molecule has 2 fully saturated rings. The average molecular weight is 268 g/mol. The summed E-state index contributed by atoms with van der Waals surface area (Å²) in [5.41, 5.74) is 0. The summed E-state index contributed by atoms with van der Waals surface area (Å²) in [6.45, 7) is -0.0785. The molecule has 2 saturated heterocycles. The van der Waals surface area contributed by atoms with Gasteiger partial charge in [-0.2, -0.15) is 8.78 Å². The molecule has 0 aromatic rings. The van der Waals surface area contributed by atoms with Crippen LogP contribution in [0.15, 0.2) is 0 Å². The van der Waals surface area contributed by atoms with Gasteiger partial charge in [0.1, 0.15) is 0 Å². The highest BCUT2D eigenvalue weighted by molar-refractivity contribution is 5.85. The monoisotopic (exact) mass is 268 g/mol. The first-order valence-corrected chi connectivity index (χ1v) is 5.59. The maximum Gasteiger partial charge on any atom is 0.383 e. The molecule has 0 saturated carbocycles. The molecule has 0 N–H and O–H groups in total. The maximum absolute atomic E-state index is 12.9. The number of carbonyl (C=O) groups is 2. The zero-order valence-corrected chi connectivity index (χ0v) is 9.41. The van der Waals surface area contributed by atoms with E-state index in [1.165, 1.54) is 4.90 Å². The third-order valence-corrected chi connectivity index (χ3v) is 3.34. The quantitative estimate of drug-likeness (QED) is 0.692. The topological polar surface area (TPSA) is 40.6 Å². The molecule has 18 heavy (non-hydrogen) atoms. The number of hydrogen-bond acceptors (Lipinski definition) is 2. The number of piperazine rings is 1. The van der Waals surface area contributed by atoms with E-state index >= 15 is 0 Å². The minimum Gasteiger partial charge on any atom is -0.336 e. The van der Waals surface area contributed by atoms with Crippen molar-refractivity contribution >= 4 is 11.8 Å². The molecule has 1 unspecified atom stereocenters. The Hall–Kier alpha value is -1.34. The van der Waals surface area contributed by atoms with Crippen molar-refractivity contribution in [3.05, 3.63) is 0 Å². The van der Waals surface area contributed by atoms with Gasteiger partial charge in [0.2, 0.25) is 5.91 Å². The second kappa shape index (κ2) is 4.40. The standard InChI is InChI=1S/C10H12F4N2O2/c11-8(12)10(13,14)9(18)15-3-4-16-6(5-15)1-2-7(16)17/h6,8H,1-5H2. The molecule has 0 aromatic carbocycles. The van der Waals surface area contributed by atoms with Crippen LogP contribution in [0.4, 0.5) is 17.6 Å². The van der Waals surface area contributed by atoms with Crippen molar-refractivity contribution in [1.29, 1.82) is 0 Å². The zero-order chi connectivity index (χ0) is 13.5. The number of amides is 2. The zero-order valence-electron chi connectivity index (χ0n) is 9.41. The molecule has 1 atom stereocenters. The number of carbonyl (C=O) groups excluding carboxylic acids is 2. The van der Waals surface area contributed by atoms with Crippen LogP contribution in [0, 0.1) is 0 Å². The third kappa shape index (κ3) is 2.04. The highest BCUT2D eigenvalue weighted by Crippen LogP contribution is 2.29. The van der Waals surface area contributed by atoms with Crippen molar-refractivity contribution in [2.45, 2.75) is 31.2 Å². The lowest BCUT2D eigenvalue weighted by Gasteiger charge is -2.38. The van der Waals surface area contributed by atoms with E-state index < -0.39 is 18.3 Å². The van der Waals surface area contributed by atoms with Gasteiger partial charge in [0.15, 0.2) is 0 Å². The van der Waals surface area contributed by atoms with Gasteiger partial charge in [-0.05, 0) is 6.42 Å². The highest BCUT2D eigenvalue weighted by Gasteiger charge is 2.52. The summed E-state index contributed by atoms with van der Waals surface area (Å²) in [4.78, 5) is 24.9. The highest BCUT2D eigenvalue weighted by atomic mass is 19.3. The summed E-state index contributed by atoms with van der Waals surface area (Å²) in [5, 5.41) is 0. The molecule has 8 heteroatoms. The van der Waals surface area contributed by atoms with Crippen molar-refractivity contribution in [1.82, 2.24) is 9.80 Å². The summed E-state index contributed by atoms with van der Waals surface area (Å²) in [7, 11) is 0. The lowest BCUT2D eigenvalue weighted by molar-refractivity contribution is -0.183.